The van der Waals surface area contributed by atoms with Gasteiger partial charge >= 0.3 is 0 Å². The molecule has 1 aliphatic carbocycles. The summed E-state index contributed by atoms with van der Waals surface area (Å²) in [6.07, 6.45) is 6.07. The average molecular weight is 371 g/mol. The second-order valence-electron chi connectivity index (χ2n) is 9.54. The second kappa shape index (κ2) is 5.69. The Kier molecular flexibility index (Phi) is 3.64. The Bertz CT molecular complexity index is 1120. The van der Waals surface area contributed by atoms with Crippen molar-refractivity contribution < 1.29 is 4.57 Å². The van der Waals surface area contributed by atoms with Gasteiger partial charge in [0.2, 0.25) is 5.69 Å². The Morgan fingerprint density at radius 2 is 1.79 bits per heavy atom. The van der Waals surface area contributed by atoms with Crippen molar-refractivity contribution >= 4 is 10.8 Å². The Hall–Kier alpha value is -2.15. The molecule has 1 fully saturated rings. The van der Waals surface area contributed by atoms with Gasteiger partial charge in [0.15, 0.2) is 11.7 Å². The molecule has 3 aromatic rings. The largest absolute Gasteiger partial charge is 0.221 e. The molecule has 5 rings (SSSR count). The third kappa shape index (κ3) is 2.00. The third-order valence-electron chi connectivity index (χ3n) is 7.87. The first-order valence-electron chi connectivity index (χ1n) is 11.0. The summed E-state index contributed by atoms with van der Waals surface area (Å²) >= 11 is 0. The molecule has 0 amide bonds. The minimum absolute atomic E-state index is 0.242. The van der Waals surface area contributed by atoms with Gasteiger partial charge in [-0.15, -0.1) is 0 Å². The van der Waals surface area contributed by atoms with Gasteiger partial charge in [-0.25, -0.2) is 0 Å². The predicted octanol–water partition coefficient (Wildman–Crippen LogP) is 6.70. The first-order valence-corrected chi connectivity index (χ1v) is 11.0. The van der Waals surface area contributed by atoms with Crippen LogP contribution in [0.1, 0.15) is 75.1 Å². The van der Waals surface area contributed by atoms with Crippen molar-refractivity contribution in [3.05, 3.63) is 64.8 Å². The Labute approximate surface area is 169 Å². The Morgan fingerprint density at radius 1 is 1.00 bits per heavy atom. The lowest BCUT2D eigenvalue weighted by atomic mass is 9.76. The molecule has 1 aromatic heterocycles. The van der Waals surface area contributed by atoms with E-state index < -0.39 is 0 Å². The van der Waals surface area contributed by atoms with E-state index in [1.54, 1.807) is 5.56 Å². The molecule has 0 saturated heterocycles. The number of hydrogen-bond acceptors (Lipinski definition) is 0. The van der Waals surface area contributed by atoms with Crippen LogP contribution < -0.4 is 4.57 Å². The van der Waals surface area contributed by atoms with Crippen LogP contribution in [0, 0.1) is 13.8 Å². The van der Waals surface area contributed by atoms with Gasteiger partial charge in [-0.3, -0.25) is 0 Å². The van der Waals surface area contributed by atoms with Gasteiger partial charge in [-0.05, 0) is 60.4 Å². The van der Waals surface area contributed by atoms with Crippen LogP contribution in [0.2, 0.25) is 0 Å². The normalized spacial score (nSPS) is 24.8. The summed E-state index contributed by atoms with van der Waals surface area (Å²) in [5.74, 6) is 0.545. The van der Waals surface area contributed by atoms with E-state index in [1.165, 1.54) is 58.0 Å². The van der Waals surface area contributed by atoms with Gasteiger partial charge in [0.1, 0.15) is 0 Å². The van der Waals surface area contributed by atoms with E-state index in [1.807, 2.05) is 0 Å². The van der Waals surface area contributed by atoms with Gasteiger partial charge in [0.25, 0.3) is 0 Å². The molecule has 2 atom stereocenters. The number of nitrogens with zero attached hydrogens (tertiary/aromatic N) is 1. The molecule has 1 heteroatoms. The van der Waals surface area contributed by atoms with E-state index >= 15 is 0 Å². The summed E-state index contributed by atoms with van der Waals surface area (Å²) in [4.78, 5) is 0. The minimum Gasteiger partial charge on any atom is -0.191 e. The van der Waals surface area contributed by atoms with E-state index in [-0.39, 0.29) is 5.54 Å². The van der Waals surface area contributed by atoms with Crippen LogP contribution in [0.3, 0.4) is 0 Å². The number of benzene rings is 2. The van der Waals surface area contributed by atoms with Crippen LogP contribution in [0.5, 0.6) is 0 Å². The van der Waals surface area contributed by atoms with Gasteiger partial charge < -0.3 is 0 Å². The molecule has 1 saturated carbocycles. The minimum atomic E-state index is 0.242. The second-order valence-corrected chi connectivity index (χ2v) is 9.54. The molecule has 2 aromatic carbocycles. The lowest BCUT2D eigenvalue weighted by Gasteiger charge is -2.31. The lowest BCUT2D eigenvalue weighted by Crippen LogP contribution is -2.54. The molecular weight excluding hydrogens is 338 g/mol. The standard InChI is InChI=1S/C27H32N/c1-7-26-16-27(26,8-2)28-12-11-20-9-10-21(17(3)4)15-22(20)25(28)23-14-18(5)13-19(6)24(23)26/h9-15,17H,7-8,16H2,1-6H3/q+1. The van der Waals surface area contributed by atoms with E-state index in [2.05, 4.69) is 88.7 Å². The first-order chi connectivity index (χ1) is 13.4. The highest BCUT2D eigenvalue weighted by Crippen LogP contribution is 2.68. The number of hydrogen-bond donors (Lipinski definition) is 0. The molecule has 2 heterocycles. The molecule has 1 nitrogen and oxygen atoms in total. The molecule has 2 unspecified atom stereocenters. The highest BCUT2D eigenvalue weighted by atomic mass is 15.2. The average Bonchev–Trinajstić information content (AvgIpc) is 3.37. The van der Waals surface area contributed by atoms with Crippen molar-refractivity contribution in [2.75, 3.05) is 0 Å². The number of aryl methyl sites for hydroxylation is 2. The highest BCUT2D eigenvalue weighted by molar-refractivity contribution is 5.95. The fourth-order valence-electron chi connectivity index (χ4n) is 6.42. The van der Waals surface area contributed by atoms with Crippen molar-refractivity contribution in [1.82, 2.24) is 0 Å². The van der Waals surface area contributed by atoms with Crippen molar-refractivity contribution in [3.8, 4) is 11.3 Å². The SMILES string of the molecule is CCC12CC1(CC)[n+]1ccc3ccc(C(C)C)cc3c1-c1cc(C)cc(C)c12. The molecular formula is C27H32N+. The monoisotopic (exact) mass is 370 g/mol. The number of aromatic nitrogens is 1. The summed E-state index contributed by atoms with van der Waals surface area (Å²) in [7, 11) is 0. The van der Waals surface area contributed by atoms with Gasteiger partial charge in [-0.1, -0.05) is 51.5 Å². The predicted molar refractivity (Wildman–Crippen MR) is 118 cm³/mol. The summed E-state index contributed by atoms with van der Waals surface area (Å²) in [6.45, 7) is 13.9. The van der Waals surface area contributed by atoms with Crippen LogP contribution in [0.25, 0.3) is 22.0 Å². The van der Waals surface area contributed by atoms with Crippen molar-refractivity contribution in [1.29, 1.82) is 0 Å². The summed E-state index contributed by atoms with van der Waals surface area (Å²) in [6, 6.07) is 14.3. The molecule has 0 radical (unpaired) electrons. The molecule has 1 aliphatic heterocycles. The number of pyridine rings is 1. The number of rotatable bonds is 3. The fraction of sp³-hybridized carbons (Fsp3) is 0.444. The first kappa shape index (κ1) is 17.9. The van der Waals surface area contributed by atoms with Crippen LogP contribution in [0.15, 0.2) is 42.6 Å². The van der Waals surface area contributed by atoms with Crippen LogP contribution >= 0.6 is 0 Å². The molecule has 144 valence electrons. The van der Waals surface area contributed by atoms with Crippen LogP contribution in [0.4, 0.5) is 0 Å². The zero-order valence-corrected chi connectivity index (χ0v) is 18.2. The van der Waals surface area contributed by atoms with E-state index in [0.29, 0.717) is 11.3 Å². The molecule has 0 N–H and O–H groups in total. The highest BCUT2D eigenvalue weighted by Gasteiger charge is 2.77. The van der Waals surface area contributed by atoms with Gasteiger partial charge in [-0.2, -0.15) is 4.57 Å². The maximum atomic E-state index is 2.67. The lowest BCUT2D eigenvalue weighted by molar-refractivity contribution is -0.734. The third-order valence-corrected chi connectivity index (χ3v) is 7.87. The van der Waals surface area contributed by atoms with Crippen LogP contribution in [-0.4, -0.2) is 0 Å². The molecule has 0 spiro atoms. The smallest absolute Gasteiger partial charge is 0.191 e. The van der Waals surface area contributed by atoms with Crippen molar-refractivity contribution in [2.24, 2.45) is 0 Å². The van der Waals surface area contributed by atoms with E-state index in [0.717, 1.165) is 0 Å². The molecule has 28 heavy (non-hydrogen) atoms. The maximum Gasteiger partial charge on any atom is 0.221 e. The Morgan fingerprint density at radius 3 is 2.46 bits per heavy atom. The fourth-order valence-corrected chi connectivity index (χ4v) is 6.42. The van der Waals surface area contributed by atoms with Crippen molar-refractivity contribution in [2.45, 2.75) is 77.7 Å². The van der Waals surface area contributed by atoms with E-state index in [9.17, 15) is 0 Å². The van der Waals surface area contributed by atoms with Gasteiger partial charge in [0, 0.05) is 18.9 Å². The Balaban J connectivity index is 1.95. The topological polar surface area (TPSA) is 3.88 Å². The number of fused-ring (bicyclic) bond motifs is 8. The summed E-state index contributed by atoms with van der Waals surface area (Å²) in [5.41, 5.74) is 9.39. The molecule has 2 aliphatic rings. The van der Waals surface area contributed by atoms with Gasteiger partial charge in [0.05, 0.1) is 16.4 Å². The quantitative estimate of drug-likeness (QED) is 0.451. The zero-order chi connectivity index (χ0) is 19.8. The van der Waals surface area contributed by atoms with Crippen molar-refractivity contribution in [3.63, 3.8) is 0 Å². The maximum absolute atomic E-state index is 2.67. The summed E-state index contributed by atoms with van der Waals surface area (Å²) in [5, 5.41) is 2.78. The van der Waals surface area contributed by atoms with E-state index in [4.69, 9.17) is 0 Å². The zero-order valence-electron chi connectivity index (χ0n) is 18.2. The molecule has 0 bridgehead atoms. The summed E-state index contributed by atoms with van der Waals surface area (Å²) < 4.78 is 2.67. The van der Waals surface area contributed by atoms with Crippen LogP contribution in [-0.2, 0) is 11.0 Å².